The third kappa shape index (κ3) is 2.83. The van der Waals surface area contributed by atoms with E-state index in [2.05, 4.69) is 0 Å². The molecular weight excluding hydrogens is 351 g/mol. The first-order valence-corrected chi connectivity index (χ1v) is 8.77. The van der Waals surface area contributed by atoms with Gasteiger partial charge < -0.3 is 5.73 Å². The number of nitrogens with zero attached hydrogens (tertiary/aromatic N) is 1. The highest BCUT2D eigenvalue weighted by molar-refractivity contribution is 7.92. The zero-order valence-corrected chi connectivity index (χ0v) is 13.4. The molecule has 0 bridgehead atoms. The molecule has 0 unspecified atom stereocenters. The average molecular weight is 359 g/mol. The lowest BCUT2D eigenvalue weighted by atomic mass is 10.1. The molecule has 0 atom stereocenters. The molecule has 1 aromatic carbocycles. The minimum absolute atomic E-state index is 0.114. The number of hydrogen-bond acceptors (Lipinski definition) is 6. The van der Waals surface area contributed by atoms with Gasteiger partial charge in [0, 0.05) is 11.3 Å². The van der Waals surface area contributed by atoms with Crippen LogP contribution in [0.3, 0.4) is 0 Å². The summed E-state index contributed by atoms with van der Waals surface area (Å²) < 4.78 is 36.8. The lowest BCUT2D eigenvalue weighted by molar-refractivity contribution is 0.103. The third-order valence-electron chi connectivity index (χ3n) is 2.74. The number of benzene rings is 1. The molecule has 1 aromatic heterocycles. The molecule has 0 radical (unpaired) electrons. The Labute approximate surface area is 134 Å². The van der Waals surface area contributed by atoms with Crippen LogP contribution >= 0.6 is 22.9 Å². The van der Waals surface area contributed by atoms with Gasteiger partial charge in [0.25, 0.3) is 0 Å². The molecule has 0 aliphatic rings. The van der Waals surface area contributed by atoms with E-state index in [-0.39, 0.29) is 30.9 Å². The average Bonchev–Trinajstić information content (AvgIpc) is 2.75. The van der Waals surface area contributed by atoms with E-state index in [1.54, 1.807) is 6.07 Å². The van der Waals surface area contributed by atoms with Crippen LogP contribution in [0.15, 0.2) is 22.4 Å². The molecule has 2 rings (SSSR count). The first-order chi connectivity index (χ1) is 10.2. The Hall–Kier alpha value is -1.95. The van der Waals surface area contributed by atoms with E-state index in [0.29, 0.717) is 11.3 Å². The van der Waals surface area contributed by atoms with Crippen LogP contribution in [0.5, 0.6) is 0 Å². The van der Waals surface area contributed by atoms with Gasteiger partial charge in [-0.05, 0) is 18.2 Å². The Kier molecular flexibility index (Phi) is 4.24. The van der Waals surface area contributed by atoms with E-state index in [1.807, 2.05) is 0 Å². The first kappa shape index (κ1) is 16.4. The molecule has 0 aliphatic heterocycles. The SMILES string of the molecule is CS(=O)(=O)c1sc(C(=O)c2ccc(Cl)cc2F)c(N)c1C#N. The molecule has 0 fully saturated rings. The van der Waals surface area contributed by atoms with Crippen molar-refractivity contribution in [3.63, 3.8) is 0 Å². The highest BCUT2D eigenvalue weighted by Crippen LogP contribution is 2.36. The highest BCUT2D eigenvalue weighted by atomic mass is 35.5. The Morgan fingerprint density at radius 2 is 2.09 bits per heavy atom. The molecule has 0 aliphatic carbocycles. The Balaban J connectivity index is 2.66. The zero-order valence-electron chi connectivity index (χ0n) is 11.1. The van der Waals surface area contributed by atoms with E-state index < -0.39 is 21.4 Å². The smallest absolute Gasteiger partial charge is 0.208 e. The summed E-state index contributed by atoms with van der Waals surface area (Å²) in [7, 11) is -3.73. The Morgan fingerprint density at radius 3 is 2.55 bits per heavy atom. The van der Waals surface area contributed by atoms with Crippen molar-refractivity contribution in [1.29, 1.82) is 5.26 Å². The predicted octanol–water partition coefficient (Wildman–Crippen LogP) is 2.63. The van der Waals surface area contributed by atoms with Crippen molar-refractivity contribution < 1.29 is 17.6 Å². The quantitative estimate of drug-likeness (QED) is 0.850. The zero-order chi connectivity index (χ0) is 16.7. The Morgan fingerprint density at radius 1 is 1.45 bits per heavy atom. The molecule has 114 valence electrons. The molecule has 0 spiro atoms. The molecule has 1 heterocycles. The molecule has 2 aromatic rings. The van der Waals surface area contributed by atoms with Gasteiger partial charge in [-0.2, -0.15) is 5.26 Å². The lowest BCUT2D eigenvalue weighted by Crippen LogP contribution is -2.05. The Bertz CT molecular complexity index is 929. The summed E-state index contributed by atoms with van der Waals surface area (Å²) in [5.74, 6) is -1.66. The number of nitrogen functional groups attached to an aromatic ring is 1. The summed E-state index contributed by atoms with van der Waals surface area (Å²) >= 11 is 6.16. The summed E-state index contributed by atoms with van der Waals surface area (Å²) in [5.41, 5.74) is 4.81. The summed E-state index contributed by atoms with van der Waals surface area (Å²) in [4.78, 5) is 12.2. The van der Waals surface area contributed by atoms with Crippen LogP contribution < -0.4 is 5.73 Å². The molecule has 22 heavy (non-hydrogen) atoms. The van der Waals surface area contributed by atoms with Crippen molar-refractivity contribution in [1.82, 2.24) is 0 Å². The number of hydrogen-bond donors (Lipinski definition) is 1. The standard InChI is InChI=1S/C13H8ClFN2O3S2/c1-22(19,20)13-8(5-16)10(17)12(21-13)11(18)7-3-2-6(14)4-9(7)15/h2-4H,17H2,1H3. The van der Waals surface area contributed by atoms with E-state index in [9.17, 15) is 17.6 Å². The fourth-order valence-corrected chi connectivity index (χ4v) is 4.15. The van der Waals surface area contributed by atoms with Gasteiger partial charge in [-0.3, -0.25) is 4.79 Å². The number of ketones is 1. The van der Waals surface area contributed by atoms with Crippen LogP contribution in [-0.4, -0.2) is 20.5 Å². The predicted molar refractivity (Wildman–Crippen MR) is 81.4 cm³/mol. The summed E-state index contributed by atoms with van der Waals surface area (Å²) in [6.45, 7) is 0. The number of nitrogens with two attached hydrogens (primary N) is 1. The summed E-state index contributed by atoms with van der Waals surface area (Å²) in [5, 5.41) is 9.14. The molecular formula is C13H8ClFN2O3S2. The van der Waals surface area contributed by atoms with E-state index >= 15 is 0 Å². The molecule has 0 saturated carbocycles. The second-order valence-corrected chi connectivity index (χ2v) is 8.01. The van der Waals surface area contributed by atoms with Gasteiger partial charge in [0.15, 0.2) is 9.84 Å². The molecule has 5 nitrogen and oxygen atoms in total. The maximum absolute atomic E-state index is 13.8. The summed E-state index contributed by atoms with van der Waals surface area (Å²) in [6.07, 6.45) is 0.899. The van der Waals surface area contributed by atoms with Crippen LogP contribution in [0.2, 0.25) is 5.02 Å². The van der Waals surface area contributed by atoms with Gasteiger partial charge in [-0.25, -0.2) is 12.8 Å². The number of sulfone groups is 1. The molecule has 2 N–H and O–H groups in total. The topological polar surface area (TPSA) is 101 Å². The van der Waals surface area contributed by atoms with Crippen molar-refractivity contribution >= 4 is 44.2 Å². The minimum Gasteiger partial charge on any atom is -0.396 e. The maximum atomic E-state index is 13.8. The van der Waals surface area contributed by atoms with Gasteiger partial charge in [0.1, 0.15) is 26.5 Å². The fraction of sp³-hybridized carbons (Fsp3) is 0.0769. The van der Waals surface area contributed by atoms with Crippen LogP contribution in [0.25, 0.3) is 0 Å². The maximum Gasteiger partial charge on any atom is 0.208 e. The normalized spacial score (nSPS) is 11.2. The van der Waals surface area contributed by atoms with Gasteiger partial charge in [0.05, 0.1) is 11.3 Å². The van der Waals surface area contributed by atoms with Crippen molar-refractivity contribution in [3.8, 4) is 6.07 Å². The van der Waals surface area contributed by atoms with Crippen LogP contribution in [-0.2, 0) is 9.84 Å². The third-order valence-corrected chi connectivity index (χ3v) is 6.01. The molecule has 0 amide bonds. The number of carbonyl (C=O) groups excluding carboxylic acids is 1. The largest absolute Gasteiger partial charge is 0.396 e. The van der Waals surface area contributed by atoms with Crippen LogP contribution in [0.1, 0.15) is 20.8 Å². The number of thiophene rings is 1. The number of nitriles is 1. The van der Waals surface area contributed by atoms with Gasteiger partial charge >= 0.3 is 0 Å². The van der Waals surface area contributed by atoms with Crippen molar-refractivity contribution in [2.24, 2.45) is 0 Å². The van der Waals surface area contributed by atoms with Crippen molar-refractivity contribution in [3.05, 3.63) is 45.0 Å². The highest BCUT2D eigenvalue weighted by Gasteiger charge is 2.28. The molecule has 9 heteroatoms. The van der Waals surface area contributed by atoms with Crippen molar-refractivity contribution in [2.45, 2.75) is 4.21 Å². The van der Waals surface area contributed by atoms with E-state index in [1.165, 1.54) is 12.1 Å². The monoisotopic (exact) mass is 358 g/mol. The van der Waals surface area contributed by atoms with Gasteiger partial charge in [0.2, 0.25) is 5.78 Å². The second-order valence-electron chi connectivity index (χ2n) is 4.34. The first-order valence-electron chi connectivity index (χ1n) is 5.69. The number of halogens is 2. The molecule has 0 saturated heterocycles. The lowest BCUT2D eigenvalue weighted by Gasteiger charge is -2.02. The number of anilines is 1. The van der Waals surface area contributed by atoms with Gasteiger partial charge in [-0.1, -0.05) is 11.6 Å². The van der Waals surface area contributed by atoms with Gasteiger partial charge in [-0.15, -0.1) is 11.3 Å². The second kappa shape index (κ2) is 5.68. The van der Waals surface area contributed by atoms with E-state index in [4.69, 9.17) is 22.6 Å². The van der Waals surface area contributed by atoms with E-state index in [0.717, 1.165) is 12.3 Å². The summed E-state index contributed by atoms with van der Waals surface area (Å²) in [6, 6.07) is 5.12. The minimum atomic E-state index is -3.73. The van der Waals surface area contributed by atoms with Crippen LogP contribution in [0.4, 0.5) is 10.1 Å². The fourth-order valence-electron chi connectivity index (χ4n) is 1.75. The number of carbonyl (C=O) groups is 1. The van der Waals surface area contributed by atoms with Crippen LogP contribution in [0, 0.1) is 17.1 Å². The number of rotatable bonds is 3. The van der Waals surface area contributed by atoms with Crippen molar-refractivity contribution in [2.75, 3.05) is 12.0 Å².